The maximum Gasteiger partial charge on any atom is 0.137 e. The van der Waals surface area contributed by atoms with E-state index >= 15 is 0 Å². The summed E-state index contributed by atoms with van der Waals surface area (Å²) in [7, 11) is 1.53. The van der Waals surface area contributed by atoms with E-state index in [1.54, 1.807) is 36.7 Å². The molecule has 0 unspecified atom stereocenters. The van der Waals surface area contributed by atoms with Crippen LogP contribution in [0.2, 0.25) is 0 Å². The smallest absolute Gasteiger partial charge is 0.137 e. The molecule has 0 bridgehead atoms. The number of benzene rings is 1. The molecule has 0 saturated carbocycles. The molecule has 0 radical (unpaired) electrons. The first-order chi connectivity index (χ1) is 8.26. The van der Waals surface area contributed by atoms with E-state index < -0.39 is 5.82 Å². The van der Waals surface area contributed by atoms with Crippen LogP contribution in [0.1, 0.15) is 5.56 Å². The van der Waals surface area contributed by atoms with Crippen molar-refractivity contribution in [3.05, 3.63) is 48.0 Å². The Morgan fingerprint density at radius 3 is 2.88 bits per heavy atom. The number of rotatable bonds is 3. The van der Waals surface area contributed by atoms with Crippen LogP contribution in [0.4, 0.5) is 4.39 Å². The number of halogens is 1. The summed E-state index contributed by atoms with van der Waals surface area (Å²) in [5.74, 6) is 0.140. The number of aromatic nitrogens is 1. The topological polar surface area (TPSA) is 42.4 Å². The van der Waals surface area contributed by atoms with Crippen LogP contribution in [0.5, 0.6) is 5.75 Å². The van der Waals surface area contributed by atoms with Gasteiger partial charge in [-0.3, -0.25) is 4.98 Å². The number of hydrogen-bond donors (Lipinski definition) is 1. The van der Waals surface area contributed by atoms with Crippen LogP contribution in [0, 0.1) is 5.82 Å². The highest BCUT2D eigenvalue weighted by Crippen LogP contribution is 2.26. The maximum absolute atomic E-state index is 14.0. The largest absolute Gasteiger partial charge is 0.495 e. The summed E-state index contributed by atoms with van der Waals surface area (Å²) < 4.78 is 19.0. The third-order valence-electron chi connectivity index (χ3n) is 2.51. The fourth-order valence-electron chi connectivity index (χ4n) is 1.60. The van der Waals surface area contributed by atoms with Crippen LogP contribution in [0.3, 0.4) is 0 Å². The number of aliphatic hydroxyl groups excluding tert-OH is 1. The summed E-state index contributed by atoms with van der Waals surface area (Å²) >= 11 is 0. The Morgan fingerprint density at radius 2 is 2.18 bits per heavy atom. The summed E-state index contributed by atoms with van der Waals surface area (Å²) in [6, 6.07) is 6.59. The van der Waals surface area contributed by atoms with Crippen LogP contribution in [-0.2, 0) is 6.61 Å². The van der Waals surface area contributed by atoms with Crippen LogP contribution in [0.15, 0.2) is 36.7 Å². The zero-order valence-corrected chi connectivity index (χ0v) is 9.35. The van der Waals surface area contributed by atoms with Crippen molar-refractivity contribution in [1.29, 1.82) is 0 Å². The standard InChI is InChI=1S/C13H12FNO2/c1-17-11-5-10(6-15-7-11)12-4-2-3-9(8-16)13(12)14/h2-7,16H,8H2,1H3. The van der Waals surface area contributed by atoms with Gasteiger partial charge < -0.3 is 9.84 Å². The van der Waals surface area contributed by atoms with Gasteiger partial charge in [-0.1, -0.05) is 18.2 Å². The Hall–Kier alpha value is -1.94. The van der Waals surface area contributed by atoms with Gasteiger partial charge in [-0.05, 0) is 6.07 Å². The number of pyridine rings is 1. The van der Waals surface area contributed by atoms with Gasteiger partial charge in [-0.15, -0.1) is 0 Å². The molecule has 2 rings (SSSR count). The Kier molecular flexibility index (Phi) is 3.35. The lowest BCUT2D eigenvalue weighted by Gasteiger charge is -2.07. The zero-order valence-electron chi connectivity index (χ0n) is 9.35. The monoisotopic (exact) mass is 233 g/mol. The summed E-state index contributed by atoms with van der Waals surface area (Å²) in [5, 5.41) is 9.01. The number of methoxy groups -OCH3 is 1. The Bertz CT molecular complexity index is 529. The molecule has 0 saturated heterocycles. The molecule has 3 nitrogen and oxygen atoms in total. The van der Waals surface area contributed by atoms with E-state index in [1.165, 1.54) is 7.11 Å². The molecule has 0 aliphatic rings. The number of aliphatic hydroxyl groups is 1. The molecule has 0 aliphatic carbocycles. The van der Waals surface area contributed by atoms with Crippen LogP contribution >= 0.6 is 0 Å². The van der Waals surface area contributed by atoms with Gasteiger partial charge in [0.15, 0.2) is 0 Å². The first-order valence-electron chi connectivity index (χ1n) is 5.14. The molecule has 1 aromatic carbocycles. The molecule has 1 N–H and O–H groups in total. The molecule has 0 fully saturated rings. The van der Waals surface area contributed by atoms with Crippen molar-refractivity contribution in [1.82, 2.24) is 4.98 Å². The Morgan fingerprint density at radius 1 is 1.35 bits per heavy atom. The normalized spacial score (nSPS) is 10.3. The highest BCUT2D eigenvalue weighted by Gasteiger charge is 2.10. The van der Waals surface area contributed by atoms with Crippen molar-refractivity contribution in [2.45, 2.75) is 6.61 Å². The van der Waals surface area contributed by atoms with E-state index in [2.05, 4.69) is 4.98 Å². The van der Waals surface area contributed by atoms with Gasteiger partial charge in [-0.2, -0.15) is 0 Å². The molecular formula is C13H12FNO2. The van der Waals surface area contributed by atoms with Gasteiger partial charge in [0.2, 0.25) is 0 Å². The SMILES string of the molecule is COc1cncc(-c2cccc(CO)c2F)c1. The molecule has 0 aliphatic heterocycles. The maximum atomic E-state index is 14.0. The van der Waals surface area contributed by atoms with Crippen LogP contribution in [0.25, 0.3) is 11.1 Å². The summed E-state index contributed by atoms with van der Waals surface area (Å²) in [6.45, 7) is -0.322. The third-order valence-corrected chi connectivity index (χ3v) is 2.51. The number of ether oxygens (including phenoxy) is 1. The molecule has 2 aromatic rings. The minimum Gasteiger partial charge on any atom is -0.495 e. The summed E-state index contributed by atoms with van der Waals surface area (Å²) in [5.41, 5.74) is 1.30. The molecule has 88 valence electrons. The van der Waals surface area contributed by atoms with Crippen molar-refractivity contribution in [2.24, 2.45) is 0 Å². The fourth-order valence-corrected chi connectivity index (χ4v) is 1.60. The quantitative estimate of drug-likeness (QED) is 0.885. The first kappa shape index (κ1) is 11.5. The van der Waals surface area contributed by atoms with E-state index in [9.17, 15) is 4.39 Å². The van der Waals surface area contributed by atoms with Gasteiger partial charge in [0, 0.05) is 22.9 Å². The molecular weight excluding hydrogens is 221 g/mol. The third kappa shape index (κ3) is 2.26. The molecule has 0 amide bonds. The molecule has 1 heterocycles. The van der Waals surface area contributed by atoms with Crippen molar-refractivity contribution in [2.75, 3.05) is 7.11 Å². The van der Waals surface area contributed by atoms with Crippen LogP contribution in [-0.4, -0.2) is 17.2 Å². The highest BCUT2D eigenvalue weighted by molar-refractivity contribution is 5.65. The molecule has 1 aromatic heterocycles. The van der Waals surface area contributed by atoms with E-state index in [1.807, 2.05) is 0 Å². The minimum atomic E-state index is -0.426. The predicted octanol–water partition coefficient (Wildman–Crippen LogP) is 2.39. The van der Waals surface area contributed by atoms with Crippen molar-refractivity contribution in [3.63, 3.8) is 0 Å². The zero-order chi connectivity index (χ0) is 12.3. The minimum absolute atomic E-state index is 0.269. The lowest BCUT2D eigenvalue weighted by molar-refractivity contribution is 0.276. The van der Waals surface area contributed by atoms with E-state index in [-0.39, 0.29) is 12.2 Å². The Labute approximate surface area is 98.5 Å². The fraction of sp³-hybridized carbons (Fsp3) is 0.154. The molecule has 4 heteroatoms. The van der Waals surface area contributed by atoms with E-state index in [0.717, 1.165) is 0 Å². The van der Waals surface area contributed by atoms with Gasteiger partial charge in [-0.25, -0.2) is 4.39 Å². The average molecular weight is 233 g/mol. The number of nitrogens with zero attached hydrogens (tertiary/aromatic N) is 1. The van der Waals surface area contributed by atoms with Gasteiger partial charge in [0.05, 0.1) is 19.9 Å². The molecule has 0 atom stereocenters. The molecule has 17 heavy (non-hydrogen) atoms. The lowest BCUT2D eigenvalue weighted by Crippen LogP contribution is -1.94. The first-order valence-corrected chi connectivity index (χ1v) is 5.14. The lowest BCUT2D eigenvalue weighted by atomic mass is 10.0. The van der Waals surface area contributed by atoms with Gasteiger partial charge in [0.25, 0.3) is 0 Å². The van der Waals surface area contributed by atoms with E-state index in [4.69, 9.17) is 9.84 Å². The van der Waals surface area contributed by atoms with E-state index in [0.29, 0.717) is 16.9 Å². The van der Waals surface area contributed by atoms with Crippen molar-refractivity contribution < 1.29 is 14.2 Å². The predicted molar refractivity (Wildman–Crippen MR) is 62.1 cm³/mol. The second-order valence-electron chi connectivity index (χ2n) is 3.55. The average Bonchev–Trinajstić information content (AvgIpc) is 2.39. The van der Waals surface area contributed by atoms with Crippen molar-refractivity contribution >= 4 is 0 Å². The number of hydrogen-bond acceptors (Lipinski definition) is 3. The second kappa shape index (κ2) is 4.93. The highest BCUT2D eigenvalue weighted by atomic mass is 19.1. The van der Waals surface area contributed by atoms with Gasteiger partial charge in [0.1, 0.15) is 11.6 Å². The molecule has 0 spiro atoms. The van der Waals surface area contributed by atoms with Crippen LogP contribution < -0.4 is 4.74 Å². The summed E-state index contributed by atoms with van der Waals surface area (Å²) in [6.07, 6.45) is 3.11. The van der Waals surface area contributed by atoms with Gasteiger partial charge >= 0.3 is 0 Å². The Balaban J connectivity index is 2.52. The summed E-state index contributed by atoms with van der Waals surface area (Å²) in [4.78, 5) is 3.97. The second-order valence-corrected chi connectivity index (χ2v) is 3.55. The van der Waals surface area contributed by atoms with Crippen molar-refractivity contribution in [3.8, 4) is 16.9 Å².